The molecule has 7 nitrogen and oxygen atoms in total. The Hall–Kier alpha value is -3.26. The van der Waals surface area contributed by atoms with Crippen LogP contribution < -0.4 is 0 Å². The number of benzene rings is 2. The van der Waals surface area contributed by atoms with E-state index in [2.05, 4.69) is 10.3 Å². The lowest BCUT2D eigenvalue weighted by Gasteiger charge is -2.34. The summed E-state index contributed by atoms with van der Waals surface area (Å²) in [5.41, 5.74) is 2.73. The minimum Gasteiger partial charge on any atom is -0.444 e. The normalized spacial score (nSPS) is 16.9. The Bertz CT molecular complexity index is 1040. The molecule has 0 unspecified atom stereocenters. The highest BCUT2D eigenvalue weighted by Gasteiger charge is 2.28. The van der Waals surface area contributed by atoms with Crippen molar-refractivity contribution in [2.75, 3.05) is 19.7 Å². The second-order valence-corrected chi connectivity index (χ2v) is 8.43. The highest BCUT2D eigenvalue weighted by Crippen LogP contribution is 2.25. The highest BCUT2D eigenvalue weighted by molar-refractivity contribution is 5.68. The van der Waals surface area contributed by atoms with Gasteiger partial charge in [0.15, 0.2) is 0 Å². The molecule has 1 aliphatic heterocycles. The molecule has 31 heavy (non-hydrogen) atoms. The molecule has 2 aromatic carbocycles. The lowest BCUT2D eigenvalue weighted by molar-refractivity contribution is -0.0432. The number of ether oxygens (including phenoxy) is 2. The van der Waals surface area contributed by atoms with E-state index in [1.807, 2.05) is 45.0 Å². The SMILES string of the molecule is CC(C)(C)OC(=O)N1CCO[C@@H](c2ccc(-n3cc(-c4ccc(F)cc4)nn3)cc2)C1. The second-order valence-electron chi connectivity index (χ2n) is 8.43. The van der Waals surface area contributed by atoms with Gasteiger partial charge >= 0.3 is 6.09 Å². The molecule has 0 bridgehead atoms. The number of halogens is 1. The van der Waals surface area contributed by atoms with Crippen LogP contribution in [0, 0.1) is 5.82 Å². The summed E-state index contributed by atoms with van der Waals surface area (Å²) in [4.78, 5) is 14.1. The van der Waals surface area contributed by atoms with E-state index in [4.69, 9.17) is 9.47 Å². The lowest BCUT2D eigenvalue weighted by Crippen LogP contribution is -2.44. The first-order valence-electron chi connectivity index (χ1n) is 10.2. The number of carbonyl (C=O) groups is 1. The molecule has 0 spiro atoms. The van der Waals surface area contributed by atoms with Crippen LogP contribution in [0.4, 0.5) is 9.18 Å². The predicted molar refractivity (Wildman–Crippen MR) is 113 cm³/mol. The van der Waals surface area contributed by atoms with Gasteiger partial charge in [-0.2, -0.15) is 0 Å². The van der Waals surface area contributed by atoms with E-state index < -0.39 is 5.60 Å². The molecule has 1 amide bonds. The van der Waals surface area contributed by atoms with E-state index in [-0.39, 0.29) is 18.0 Å². The summed E-state index contributed by atoms with van der Waals surface area (Å²) in [6.45, 7) is 6.96. The number of hydrogen-bond acceptors (Lipinski definition) is 5. The van der Waals surface area contributed by atoms with Crippen LogP contribution in [0.2, 0.25) is 0 Å². The molecule has 8 heteroatoms. The fourth-order valence-corrected chi connectivity index (χ4v) is 3.33. The number of morpholine rings is 1. The number of carbonyl (C=O) groups excluding carboxylic acids is 1. The van der Waals surface area contributed by atoms with Gasteiger partial charge in [-0.15, -0.1) is 5.10 Å². The summed E-state index contributed by atoms with van der Waals surface area (Å²) < 4.78 is 26.1. The number of aromatic nitrogens is 3. The van der Waals surface area contributed by atoms with E-state index in [1.165, 1.54) is 12.1 Å². The summed E-state index contributed by atoms with van der Waals surface area (Å²) in [6, 6.07) is 13.9. The average Bonchev–Trinajstić information content (AvgIpc) is 3.23. The molecule has 1 saturated heterocycles. The maximum absolute atomic E-state index is 13.1. The van der Waals surface area contributed by atoms with Crippen molar-refractivity contribution < 1.29 is 18.7 Å². The maximum Gasteiger partial charge on any atom is 0.410 e. The standard InChI is InChI=1S/C23H25FN4O3/c1-23(2,3)31-22(29)27-12-13-30-21(15-27)17-6-10-19(11-7-17)28-14-20(25-26-28)16-4-8-18(24)9-5-16/h4-11,14,21H,12-13,15H2,1-3H3/t21-/m1/s1. The van der Waals surface area contributed by atoms with E-state index in [0.717, 1.165) is 16.8 Å². The first-order chi connectivity index (χ1) is 14.8. The van der Waals surface area contributed by atoms with Crippen molar-refractivity contribution in [2.45, 2.75) is 32.5 Å². The minimum atomic E-state index is -0.531. The highest BCUT2D eigenvalue weighted by atomic mass is 19.1. The molecule has 4 rings (SSSR count). The third-order valence-electron chi connectivity index (χ3n) is 4.88. The Kier molecular flexibility index (Phi) is 5.73. The smallest absolute Gasteiger partial charge is 0.410 e. The van der Waals surface area contributed by atoms with E-state index in [1.54, 1.807) is 27.9 Å². The molecule has 1 aliphatic rings. The Balaban J connectivity index is 1.45. The molecule has 0 saturated carbocycles. The Morgan fingerprint density at radius 3 is 2.52 bits per heavy atom. The Labute approximate surface area is 180 Å². The molecule has 162 valence electrons. The summed E-state index contributed by atoms with van der Waals surface area (Å²) in [6.07, 6.45) is 1.25. The van der Waals surface area contributed by atoms with Gasteiger partial charge in [-0.05, 0) is 62.7 Å². The zero-order chi connectivity index (χ0) is 22.0. The van der Waals surface area contributed by atoms with Crippen molar-refractivity contribution in [3.05, 3.63) is 66.1 Å². The van der Waals surface area contributed by atoms with Crippen LogP contribution in [0.5, 0.6) is 0 Å². The van der Waals surface area contributed by atoms with Crippen LogP contribution in [-0.4, -0.2) is 51.3 Å². The predicted octanol–water partition coefficient (Wildman–Crippen LogP) is 4.38. The fourth-order valence-electron chi connectivity index (χ4n) is 3.33. The van der Waals surface area contributed by atoms with Crippen LogP contribution >= 0.6 is 0 Å². The summed E-state index contributed by atoms with van der Waals surface area (Å²) in [7, 11) is 0. The van der Waals surface area contributed by atoms with E-state index in [9.17, 15) is 9.18 Å². The van der Waals surface area contributed by atoms with Crippen molar-refractivity contribution in [1.29, 1.82) is 0 Å². The van der Waals surface area contributed by atoms with Crippen LogP contribution in [0.15, 0.2) is 54.7 Å². The first-order valence-corrected chi connectivity index (χ1v) is 10.2. The van der Waals surface area contributed by atoms with Crippen LogP contribution in [0.25, 0.3) is 16.9 Å². The molecule has 1 atom stereocenters. The molecule has 0 N–H and O–H groups in total. The zero-order valence-corrected chi connectivity index (χ0v) is 17.8. The monoisotopic (exact) mass is 424 g/mol. The molecule has 3 aromatic rings. The molecule has 2 heterocycles. The van der Waals surface area contributed by atoms with Gasteiger partial charge in [0, 0.05) is 12.1 Å². The van der Waals surface area contributed by atoms with E-state index >= 15 is 0 Å². The topological polar surface area (TPSA) is 69.5 Å². The lowest BCUT2D eigenvalue weighted by atomic mass is 10.1. The third-order valence-corrected chi connectivity index (χ3v) is 4.88. The molecular weight excluding hydrogens is 399 g/mol. The number of hydrogen-bond donors (Lipinski definition) is 0. The average molecular weight is 424 g/mol. The number of amides is 1. The molecular formula is C23H25FN4O3. The van der Waals surface area contributed by atoms with Crippen molar-refractivity contribution in [1.82, 2.24) is 19.9 Å². The summed E-state index contributed by atoms with van der Waals surface area (Å²) in [5.74, 6) is -0.290. The maximum atomic E-state index is 13.1. The molecule has 0 radical (unpaired) electrons. The quantitative estimate of drug-likeness (QED) is 0.624. The molecule has 1 aromatic heterocycles. The minimum absolute atomic E-state index is 0.221. The summed E-state index contributed by atoms with van der Waals surface area (Å²) in [5, 5.41) is 8.34. The van der Waals surface area contributed by atoms with Gasteiger partial charge in [0.25, 0.3) is 0 Å². The van der Waals surface area contributed by atoms with Crippen LogP contribution in [0.3, 0.4) is 0 Å². The van der Waals surface area contributed by atoms with Gasteiger partial charge in [0.05, 0.1) is 25.0 Å². The van der Waals surface area contributed by atoms with Crippen molar-refractivity contribution in [3.63, 3.8) is 0 Å². The van der Waals surface area contributed by atoms with Gasteiger partial charge in [0.1, 0.15) is 23.2 Å². The Morgan fingerprint density at radius 1 is 1.13 bits per heavy atom. The van der Waals surface area contributed by atoms with Gasteiger partial charge in [-0.25, -0.2) is 13.9 Å². The van der Waals surface area contributed by atoms with E-state index in [0.29, 0.717) is 25.4 Å². The van der Waals surface area contributed by atoms with Crippen molar-refractivity contribution in [3.8, 4) is 16.9 Å². The van der Waals surface area contributed by atoms with Gasteiger partial charge in [-0.1, -0.05) is 17.3 Å². The van der Waals surface area contributed by atoms with Crippen LogP contribution in [0.1, 0.15) is 32.4 Å². The third kappa shape index (κ3) is 5.08. The number of rotatable bonds is 3. The van der Waals surface area contributed by atoms with Gasteiger partial charge < -0.3 is 14.4 Å². The fraction of sp³-hybridized carbons (Fsp3) is 0.348. The second kappa shape index (κ2) is 8.47. The van der Waals surface area contributed by atoms with Gasteiger partial charge in [0.2, 0.25) is 0 Å². The largest absolute Gasteiger partial charge is 0.444 e. The van der Waals surface area contributed by atoms with Gasteiger partial charge in [-0.3, -0.25) is 0 Å². The van der Waals surface area contributed by atoms with Crippen LogP contribution in [-0.2, 0) is 9.47 Å². The first kappa shape index (κ1) is 21.0. The molecule has 1 fully saturated rings. The summed E-state index contributed by atoms with van der Waals surface area (Å²) >= 11 is 0. The molecule has 0 aliphatic carbocycles. The number of nitrogens with zero attached hydrogens (tertiary/aromatic N) is 4. The zero-order valence-electron chi connectivity index (χ0n) is 17.8. The Morgan fingerprint density at radius 2 is 1.84 bits per heavy atom. The van der Waals surface area contributed by atoms with Crippen molar-refractivity contribution in [2.24, 2.45) is 0 Å². The van der Waals surface area contributed by atoms with Crippen molar-refractivity contribution >= 4 is 6.09 Å².